The van der Waals surface area contributed by atoms with E-state index in [2.05, 4.69) is 22.5 Å². The van der Waals surface area contributed by atoms with Crippen molar-refractivity contribution in [2.75, 3.05) is 0 Å². The monoisotopic (exact) mass is 261 g/mol. The molecule has 0 unspecified atom stereocenters. The van der Waals surface area contributed by atoms with E-state index in [1.165, 1.54) is 0 Å². The van der Waals surface area contributed by atoms with Gasteiger partial charge in [-0.15, -0.1) is 19.0 Å². The first-order valence-corrected chi connectivity index (χ1v) is 4.66. The smallest absolute Gasteiger partial charge is 0.0340 e. The molecule has 2 N–H and O–H groups in total. The van der Waals surface area contributed by atoms with Crippen LogP contribution in [0.3, 0.4) is 0 Å². The largest absolute Gasteiger partial charge is 0.324 e. The highest BCUT2D eigenvalue weighted by Gasteiger charge is 2.06. The number of hydrogen-bond acceptors (Lipinski definition) is 1. The Hall–Kier alpha value is -0.310. The number of benzene rings is 1. The first-order valence-electron chi connectivity index (χ1n) is 3.86. The highest BCUT2D eigenvalue weighted by molar-refractivity contribution is 9.10. The molecule has 0 fully saturated rings. The molecule has 0 saturated carbocycles. The molecule has 1 rings (SSSR count). The summed E-state index contributed by atoms with van der Waals surface area (Å²) in [5, 5.41) is 0. The molecule has 0 radical (unpaired) electrons. The minimum absolute atomic E-state index is 0. The molecular formula is C10H13BrClN. The molecule has 3 heteroatoms. The van der Waals surface area contributed by atoms with Gasteiger partial charge in [-0.2, -0.15) is 0 Å². The lowest BCUT2D eigenvalue weighted by Gasteiger charge is -2.10. The molecule has 0 spiro atoms. The molecule has 0 aliphatic heterocycles. The van der Waals surface area contributed by atoms with Crippen LogP contribution in [0.25, 0.3) is 0 Å². The minimum Gasteiger partial charge on any atom is -0.324 e. The van der Waals surface area contributed by atoms with Crippen LogP contribution in [0, 0.1) is 0 Å². The Morgan fingerprint density at radius 2 is 2.08 bits per heavy atom. The third-order valence-corrected chi connectivity index (χ3v) is 2.45. The number of halogens is 2. The summed E-state index contributed by atoms with van der Waals surface area (Å²) >= 11 is 3.45. The Labute approximate surface area is 93.6 Å². The van der Waals surface area contributed by atoms with Crippen LogP contribution >= 0.6 is 28.3 Å². The Morgan fingerprint density at radius 3 is 2.62 bits per heavy atom. The molecule has 0 amide bonds. The van der Waals surface area contributed by atoms with Crippen molar-refractivity contribution >= 4 is 28.3 Å². The van der Waals surface area contributed by atoms with Gasteiger partial charge in [-0.05, 0) is 18.1 Å². The first-order chi connectivity index (χ1) is 5.75. The summed E-state index contributed by atoms with van der Waals surface area (Å²) in [5.74, 6) is 0. The molecule has 0 aliphatic carbocycles. The number of hydrogen-bond donors (Lipinski definition) is 1. The van der Waals surface area contributed by atoms with E-state index in [1.807, 2.05) is 30.3 Å². The van der Waals surface area contributed by atoms with Crippen molar-refractivity contribution < 1.29 is 0 Å². The fraction of sp³-hybridized carbons (Fsp3) is 0.200. The number of rotatable bonds is 3. The van der Waals surface area contributed by atoms with E-state index in [4.69, 9.17) is 5.73 Å². The Balaban J connectivity index is 0.00000144. The van der Waals surface area contributed by atoms with Crippen LogP contribution in [0.5, 0.6) is 0 Å². The maximum Gasteiger partial charge on any atom is 0.0340 e. The van der Waals surface area contributed by atoms with Crippen LogP contribution in [0.2, 0.25) is 0 Å². The lowest BCUT2D eigenvalue weighted by atomic mass is 10.1. The second-order valence-corrected chi connectivity index (χ2v) is 3.51. The first kappa shape index (κ1) is 12.7. The topological polar surface area (TPSA) is 26.0 Å². The van der Waals surface area contributed by atoms with E-state index in [0.717, 1.165) is 16.5 Å². The molecule has 0 aromatic heterocycles. The summed E-state index contributed by atoms with van der Waals surface area (Å²) in [4.78, 5) is 0. The van der Waals surface area contributed by atoms with Gasteiger partial charge in [0.1, 0.15) is 0 Å². The van der Waals surface area contributed by atoms with Gasteiger partial charge in [-0.1, -0.05) is 40.2 Å². The van der Waals surface area contributed by atoms with Crippen molar-refractivity contribution in [1.82, 2.24) is 0 Å². The van der Waals surface area contributed by atoms with Crippen LogP contribution in [-0.4, -0.2) is 0 Å². The van der Waals surface area contributed by atoms with Crippen LogP contribution in [0.4, 0.5) is 0 Å². The van der Waals surface area contributed by atoms with Gasteiger partial charge in [0.15, 0.2) is 0 Å². The zero-order valence-corrected chi connectivity index (χ0v) is 9.64. The van der Waals surface area contributed by atoms with Gasteiger partial charge in [-0.25, -0.2) is 0 Å². The Bertz CT molecular complexity index is 275. The average molecular weight is 263 g/mol. The molecule has 0 saturated heterocycles. The van der Waals surface area contributed by atoms with Gasteiger partial charge in [0.05, 0.1) is 0 Å². The summed E-state index contributed by atoms with van der Waals surface area (Å²) < 4.78 is 1.07. The zero-order valence-electron chi connectivity index (χ0n) is 7.24. The highest BCUT2D eigenvalue weighted by atomic mass is 79.9. The average Bonchev–Trinajstić information content (AvgIpc) is 2.05. The van der Waals surface area contributed by atoms with Crippen LogP contribution in [0.15, 0.2) is 41.4 Å². The fourth-order valence-electron chi connectivity index (χ4n) is 1.08. The van der Waals surface area contributed by atoms with Crippen molar-refractivity contribution in [2.24, 2.45) is 5.73 Å². The van der Waals surface area contributed by atoms with Crippen LogP contribution in [-0.2, 0) is 0 Å². The molecule has 1 atom stereocenters. The fourth-order valence-corrected chi connectivity index (χ4v) is 1.66. The molecule has 72 valence electrons. The SMILES string of the molecule is C=CC[C@@H](N)c1ccccc1Br.Cl. The summed E-state index contributed by atoms with van der Waals surface area (Å²) in [6.07, 6.45) is 2.65. The summed E-state index contributed by atoms with van der Waals surface area (Å²) in [7, 11) is 0. The molecule has 13 heavy (non-hydrogen) atoms. The van der Waals surface area contributed by atoms with E-state index in [-0.39, 0.29) is 18.4 Å². The van der Waals surface area contributed by atoms with Crippen molar-refractivity contribution in [2.45, 2.75) is 12.5 Å². The third-order valence-electron chi connectivity index (χ3n) is 1.73. The molecule has 0 heterocycles. The second-order valence-electron chi connectivity index (χ2n) is 2.65. The van der Waals surface area contributed by atoms with Crippen molar-refractivity contribution in [1.29, 1.82) is 0 Å². The maximum atomic E-state index is 5.91. The van der Waals surface area contributed by atoms with Gasteiger partial charge in [0.2, 0.25) is 0 Å². The van der Waals surface area contributed by atoms with Gasteiger partial charge >= 0.3 is 0 Å². The predicted molar refractivity (Wildman–Crippen MR) is 63.1 cm³/mol. The van der Waals surface area contributed by atoms with E-state index in [1.54, 1.807) is 0 Å². The van der Waals surface area contributed by atoms with Crippen LogP contribution < -0.4 is 5.73 Å². The third kappa shape index (κ3) is 3.51. The van der Waals surface area contributed by atoms with E-state index in [0.29, 0.717) is 0 Å². The zero-order chi connectivity index (χ0) is 8.97. The van der Waals surface area contributed by atoms with Gasteiger partial charge in [-0.3, -0.25) is 0 Å². The Morgan fingerprint density at radius 1 is 1.46 bits per heavy atom. The quantitative estimate of drug-likeness (QED) is 0.830. The predicted octanol–water partition coefficient (Wildman–Crippen LogP) is 3.45. The molecule has 0 aliphatic rings. The standard InChI is InChI=1S/C10H12BrN.ClH/c1-2-5-10(12)8-6-3-4-7-9(8)11;/h2-4,6-7,10H,1,5,12H2;1H/t10-;/m1./s1. The second kappa shape index (κ2) is 6.19. The van der Waals surface area contributed by atoms with Crippen molar-refractivity contribution in [3.8, 4) is 0 Å². The van der Waals surface area contributed by atoms with Crippen molar-refractivity contribution in [3.63, 3.8) is 0 Å². The molecule has 1 nitrogen and oxygen atoms in total. The lowest BCUT2D eigenvalue weighted by Crippen LogP contribution is -2.09. The molecular weight excluding hydrogens is 249 g/mol. The lowest BCUT2D eigenvalue weighted by molar-refractivity contribution is 0.738. The summed E-state index contributed by atoms with van der Waals surface area (Å²) in [6, 6.07) is 8.05. The number of nitrogens with two attached hydrogens (primary N) is 1. The normalized spacial score (nSPS) is 11.5. The maximum absolute atomic E-state index is 5.91. The van der Waals surface area contributed by atoms with Gasteiger partial charge < -0.3 is 5.73 Å². The van der Waals surface area contributed by atoms with Crippen LogP contribution in [0.1, 0.15) is 18.0 Å². The summed E-state index contributed by atoms with van der Waals surface area (Å²) in [5.41, 5.74) is 7.04. The molecule has 0 bridgehead atoms. The van der Waals surface area contributed by atoms with E-state index < -0.39 is 0 Å². The van der Waals surface area contributed by atoms with Gasteiger partial charge in [0, 0.05) is 10.5 Å². The highest BCUT2D eigenvalue weighted by Crippen LogP contribution is 2.23. The molecule has 1 aromatic rings. The molecule has 1 aromatic carbocycles. The Kier molecular flexibility index (Phi) is 6.04. The van der Waals surface area contributed by atoms with Gasteiger partial charge in [0.25, 0.3) is 0 Å². The summed E-state index contributed by atoms with van der Waals surface area (Å²) in [6.45, 7) is 3.66. The van der Waals surface area contributed by atoms with E-state index >= 15 is 0 Å². The van der Waals surface area contributed by atoms with Crippen molar-refractivity contribution in [3.05, 3.63) is 47.0 Å². The van der Waals surface area contributed by atoms with E-state index in [9.17, 15) is 0 Å². The minimum atomic E-state index is 0.